The Morgan fingerprint density at radius 2 is 2.15 bits per heavy atom. The van der Waals surface area contributed by atoms with Gasteiger partial charge in [-0.2, -0.15) is 0 Å². The van der Waals surface area contributed by atoms with E-state index in [4.69, 9.17) is 0 Å². The van der Waals surface area contributed by atoms with Gasteiger partial charge < -0.3 is 9.80 Å². The number of carbonyl (C=O) groups excluding carboxylic acids is 2. The maximum Gasteiger partial charge on any atom is 0.245 e. The lowest BCUT2D eigenvalue weighted by molar-refractivity contribution is -0.152. The summed E-state index contributed by atoms with van der Waals surface area (Å²) in [5.74, 6) is -0.0315. The van der Waals surface area contributed by atoms with Crippen LogP contribution in [0, 0.1) is 0 Å². The van der Waals surface area contributed by atoms with Crippen LogP contribution in [0.5, 0.6) is 0 Å². The fourth-order valence-electron chi connectivity index (χ4n) is 1.40. The lowest BCUT2D eigenvalue weighted by atomic mass is 10.1. The molecule has 1 saturated heterocycles. The zero-order valence-corrected chi connectivity index (χ0v) is 7.99. The first-order valence-electron chi connectivity index (χ1n) is 4.19. The maximum absolute atomic E-state index is 11.6. The molecule has 72 valence electrons. The Labute approximate surface area is 77.8 Å². The number of piperazine rings is 1. The molecule has 0 bridgehead atoms. The predicted molar refractivity (Wildman–Crippen MR) is 49.0 cm³/mol. The van der Waals surface area contributed by atoms with Crippen molar-refractivity contribution in [3.05, 3.63) is 12.7 Å². The molecule has 0 aromatic carbocycles. The molecule has 4 nitrogen and oxygen atoms in total. The van der Waals surface area contributed by atoms with Crippen molar-refractivity contribution in [2.24, 2.45) is 0 Å². The van der Waals surface area contributed by atoms with Crippen LogP contribution in [-0.2, 0) is 9.59 Å². The number of hydrogen-bond acceptors (Lipinski definition) is 2. The second-order valence-electron chi connectivity index (χ2n) is 3.24. The molecule has 2 amide bonds. The third kappa shape index (κ3) is 1.71. The van der Waals surface area contributed by atoms with Crippen molar-refractivity contribution in [1.29, 1.82) is 0 Å². The van der Waals surface area contributed by atoms with Gasteiger partial charge in [0.2, 0.25) is 11.8 Å². The van der Waals surface area contributed by atoms with Gasteiger partial charge in [0, 0.05) is 14.1 Å². The summed E-state index contributed by atoms with van der Waals surface area (Å²) in [6, 6.07) is -0.358. The van der Waals surface area contributed by atoms with Crippen molar-refractivity contribution in [2.45, 2.75) is 12.5 Å². The predicted octanol–water partition coefficient (Wildman–Crippen LogP) is -0.139. The Balaban J connectivity index is 2.81. The molecular weight excluding hydrogens is 168 g/mol. The minimum Gasteiger partial charge on any atom is -0.335 e. The van der Waals surface area contributed by atoms with Gasteiger partial charge in [0.1, 0.15) is 6.04 Å². The number of nitrogens with zero attached hydrogens (tertiary/aromatic N) is 2. The minimum atomic E-state index is -0.358. The molecule has 0 aromatic heterocycles. The quantitative estimate of drug-likeness (QED) is 0.558. The fraction of sp³-hybridized carbons (Fsp3) is 0.556. The van der Waals surface area contributed by atoms with E-state index in [1.807, 2.05) is 0 Å². The summed E-state index contributed by atoms with van der Waals surface area (Å²) in [6.45, 7) is 3.75. The molecule has 0 aliphatic carbocycles. The van der Waals surface area contributed by atoms with Crippen LogP contribution in [-0.4, -0.2) is 48.3 Å². The molecule has 1 aliphatic heterocycles. The topological polar surface area (TPSA) is 40.6 Å². The van der Waals surface area contributed by atoms with E-state index in [9.17, 15) is 9.59 Å². The van der Waals surface area contributed by atoms with E-state index < -0.39 is 0 Å². The number of carbonyl (C=O) groups is 2. The monoisotopic (exact) mass is 182 g/mol. The number of amides is 2. The average Bonchev–Trinajstić information content (AvgIpc) is 2.09. The van der Waals surface area contributed by atoms with Crippen molar-refractivity contribution >= 4 is 11.8 Å². The zero-order valence-electron chi connectivity index (χ0n) is 7.99. The van der Waals surface area contributed by atoms with Crippen LogP contribution in [0.3, 0.4) is 0 Å². The third-order valence-electron chi connectivity index (χ3n) is 2.28. The second kappa shape index (κ2) is 3.60. The van der Waals surface area contributed by atoms with Gasteiger partial charge in [0.15, 0.2) is 0 Å². The highest BCUT2D eigenvalue weighted by atomic mass is 16.2. The van der Waals surface area contributed by atoms with Gasteiger partial charge in [0.05, 0.1) is 6.54 Å². The van der Waals surface area contributed by atoms with Gasteiger partial charge >= 0.3 is 0 Å². The molecule has 1 atom stereocenters. The van der Waals surface area contributed by atoms with Crippen LogP contribution >= 0.6 is 0 Å². The molecule has 0 N–H and O–H groups in total. The Morgan fingerprint density at radius 1 is 1.54 bits per heavy atom. The molecule has 0 unspecified atom stereocenters. The fourth-order valence-corrected chi connectivity index (χ4v) is 1.40. The lowest BCUT2D eigenvalue weighted by Gasteiger charge is -2.35. The molecule has 0 spiro atoms. The van der Waals surface area contributed by atoms with Gasteiger partial charge in [-0.15, -0.1) is 6.58 Å². The Kier molecular flexibility index (Phi) is 2.70. The third-order valence-corrected chi connectivity index (χ3v) is 2.28. The largest absolute Gasteiger partial charge is 0.335 e. The van der Waals surface area contributed by atoms with Gasteiger partial charge in [-0.25, -0.2) is 0 Å². The maximum atomic E-state index is 11.6. The summed E-state index contributed by atoms with van der Waals surface area (Å²) < 4.78 is 0. The van der Waals surface area contributed by atoms with Crippen molar-refractivity contribution < 1.29 is 9.59 Å². The Morgan fingerprint density at radius 3 is 2.69 bits per heavy atom. The average molecular weight is 182 g/mol. The van der Waals surface area contributed by atoms with E-state index in [1.54, 1.807) is 20.2 Å². The van der Waals surface area contributed by atoms with E-state index in [0.29, 0.717) is 6.42 Å². The minimum absolute atomic E-state index is 0.0120. The summed E-state index contributed by atoms with van der Waals surface area (Å²) in [5, 5.41) is 0. The second-order valence-corrected chi connectivity index (χ2v) is 3.24. The smallest absolute Gasteiger partial charge is 0.245 e. The van der Waals surface area contributed by atoms with Crippen molar-refractivity contribution in [3.63, 3.8) is 0 Å². The number of hydrogen-bond donors (Lipinski definition) is 0. The summed E-state index contributed by atoms with van der Waals surface area (Å²) in [4.78, 5) is 25.8. The highest BCUT2D eigenvalue weighted by molar-refractivity contribution is 5.94. The van der Waals surface area contributed by atoms with E-state index in [2.05, 4.69) is 6.58 Å². The van der Waals surface area contributed by atoms with Crippen molar-refractivity contribution in [1.82, 2.24) is 9.80 Å². The van der Waals surface area contributed by atoms with E-state index in [-0.39, 0.29) is 24.4 Å². The summed E-state index contributed by atoms with van der Waals surface area (Å²) in [5.41, 5.74) is 0. The standard InChI is InChI=1S/C9H14N2O2/c1-4-5-7-9(13)10(2)6-8(12)11(7)3/h4,7H,1,5-6H2,2-3H3/t7-/m0/s1. The molecule has 0 saturated carbocycles. The van der Waals surface area contributed by atoms with Crippen molar-refractivity contribution in [2.75, 3.05) is 20.6 Å². The van der Waals surface area contributed by atoms with E-state index in [0.717, 1.165) is 0 Å². The molecule has 4 heteroatoms. The van der Waals surface area contributed by atoms with Gasteiger partial charge in [-0.3, -0.25) is 9.59 Å². The highest BCUT2D eigenvalue weighted by Crippen LogP contribution is 2.12. The first-order chi connectivity index (χ1) is 6.07. The van der Waals surface area contributed by atoms with Gasteiger partial charge in [-0.1, -0.05) is 6.08 Å². The zero-order chi connectivity index (χ0) is 10.0. The number of rotatable bonds is 2. The van der Waals surface area contributed by atoms with Crippen LogP contribution in [0.4, 0.5) is 0 Å². The summed E-state index contributed by atoms with van der Waals surface area (Å²) in [6.07, 6.45) is 2.18. The first-order valence-corrected chi connectivity index (χ1v) is 4.19. The summed E-state index contributed by atoms with van der Waals surface area (Å²) >= 11 is 0. The Bertz CT molecular complexity index is 250. The van der Waals surface area contributed by atoms with Crippen LogP contribution in [0.15, 0.2) is 12.7 Å². The van der Waals surface area contributed by atoms with E-state index >= 15 is 0 Å². The lowest BCUT2D eigenvalue weighted by Crippen LogP contribution is -2.56. The Hall–Kier alpha value is -1.32. The van der Waals surface area contributed by atoms with Crippen LogP contribution < -0.4 is 0 Å². The number of likely N-dealkylation sites (N-methyl/N-ethyl adjacent to an activating group) is 2. The molecule has 0 aromatic rings. The van der Waals surface area contributed by atoms with Crippen molar-refractivity contribution in [3.8, 4) is 0 Å². The molecule has 0 radical (unpaired) electrons. The summed E-state index contributed by atoms with van der Waals surface area (Å²) in [7, 11) is 3.30. The van der Waals surface area contributed by atoms with Gasteiger partial charge in [-0.05, 0) is 6.42 Å². The molecule has 13 heavy (non-hydrogen) atoms. The first kappa shape index (κ1) is 9.77. The van der Waals surface area contributed by atoms with Crippen LogP contribution in [0.25, 0.3) is 0 Å². The molecule has 1 fully saturated rings. The van der Waals surface area contributed by atoms with Crippen LogP contribution in [0.1, 0.15) is 6.42 Å². The SMILES string of the molecule is C=CC[C@H]1C(=O)N(C)CC(=O)N1C. The highest BCUT2D eigenvalue weighted by Gasteiger charge is 2.34. The molecule has 1 aliphatic rings. The van der Waals surface area contributed by atoms with E-state index in [1.165, 1.54) is 9.80 Å². The molecule has 1 rings (SSSR count). The molecular formula is C9H14N2O2. The van der Waals surface area contributed by atoms with Crippen LogP contribution in [0.2, 0.25) is 0 Å². The van der Waals surface area contributed by atoms with Gasteiger partial charge in [0.25, 0.3) is 0 Å². The molecule has 1 heterocycles. The normalized spacial score (nSPS) is 23.7.